The summed E-state index contributed by atoms with van der Waals surface area (Å²) in [5.74, 6) is -0.0780. The molecule has 0 bridgehead atoms. The molecule has 0 atom stereocenters. The minimum Gasteiger partial charge on any atom is -0.436 e. The second kappa shape index (κ2) is 7.68. The lowest BCUT2D eigenvalue weighted by molar-refractivity contribution is -0.385. The van der Waals surface area contributed by atoms with Crippen molar-refractivity contribution in [2.24, 2.45) is 0 Å². The smallest absolute Gasteiger partial charge is 0.282 e. The monoisotopic (exact) mass is 415 g/mol. The molecule has 3 aromatic carbocycles. The van der Waals surface area contributed by atoms with Crippen LogP contribution in [0.2, 0.25) is 0 Å². The molecule has 4 aromatic rings. The maximum Gasteiger partial charge on any atom is 0.282 e. The van der Waals surface area contributed by atoms with Gasteiger partial charge in [-0.3, -0.25) is 14.9 Å². The Morgan fingerprint density at radius 2 is 1.74 bits per heavy atom. The Morgan fingerprint density at radius 3 is 2.42 bits per heavy atom. The number of oxazole rings is 1. The molecule has 1 heterocycles. The molecule has 7 nitrogen and oxygen atoms in total. The van der Waals surface area contributed by atoms with Gasteiger partial charge in [0.1, 0.15) is 11.1 Å². The van der Waals surface area contributed by atoms with Crippen LogP contribution in [0.15, 0.2) is 71.1 Å². The molecule has 1 amide bonds. The van der Waals surface area contributed by atoms with Gasteiger partial charge in [0.15, 0.2) is 5.58 Å². The fourth-order valence-corrected chi connectivity index (χ4v) is 3.26. The van der Waals surface area contributed by atoms with E-state index in [1.54, 1.807) is 24.3 Å². The highest BCUT2D eigenvalue weighted by Crippen LogP contribution is 2.29. The number of amides is 1. The molecule has 0 radical (unpaired) electrons. The van der Waals surface area contributed by atoms with Crippen molar-refractivity contribution < 1.29 is 14.1 Å². The third-order valence-corrected chi connectivity index (χ3v) is 4.99. The zero-order chi connectivity index (χ0) is 22.2. The van der Waals surface area contributed by atoms with Crippen molar-refractivity contribution in [2.45, 2.75) is 26.2 Å². The number of rotatable bonds is 4. The van der Waals surface area contributed by atoms with Gasteiger partial charge in [-0.25, -0.2) is 4.98 Å². The van der Waals surface area contributed by atoms with Crippen LogP contribution in [0.3, 0.4) is 0 Å². The van der Waals surface area contributed by atoms with Crippen LogP contribution >= 0.6 is 0 Å². The quantitative estimate of drug-likeness (QED) is 0.328. The molecule has 31 heavy (non-hydrogen) atoms. The molecular weight excluding hydrogens is 394 g/mol. The van der Waals surface area contributed by atoms with E-state index in [1.807, 2.05) is 12.1 Å². The van der Waals surface area contributed by atoms with Crippen molar-refractivity contribution in [3.63, 3.8) is 0 Å². The topological polar surface area (TPSA) is 98.3 Å². The summed E-state index contributed by atoms with van der Waals surface area (Å²) in [5.41, 5.74) is 3.51. The second-order valence-electron chi connectivity index (χ2n) is 8.26. The predicted octanol–water partition coefficient (Wildman–Crippen LogP) is 5.95. The lowest BCUT2D eigenvalue weighted by Gasteiger charge is -2.18. The molecule has 0 aliphatic rings. The first-order valence-corrected chi connectivity index (χ1v) is 9.79. The number of hydrogen-bond donors (Lipinski definition) is 1. The number of benzene rings is 3. The van der Waals surface area contributed by atoms with E-state index >= 15 is 0 Å². The first kappa shape index (κ1) is 20.3. The van der Waals surface area contributed by atoms with E-state index < -0.39 is 10.8 Å². The second-order valence-corrected chi connectivity index (χ2v) is 8.26. The van der Waals surface area contributed by atoms with Gasteiger partial charge in [-0.2, -0.15) is 0 Å². The Morgan fingerprint density at radius 1 is 1.03 bits per heavy atom. The van der Waals surface area contributed by atoms with Gasteiger partial charge in [0.2, 0.25) is 5.89 Å². The van der Waals surface area contributed by atoms with Crippen molar-refractivity contribution in [1.29, 1.82) is 0 Å². The van der Waals surface area contributed by atoms with E-state index in [1.165, 1.54) is 23.8 Å². The summed E-state index contributed by atoms with van der Waals surface area (Å²) in [6.45, 7) is 6.46. The van der Waals surface area contributed by atoms with Crippen molar-refractivity contribution in [1.82, 2.24) is 4.98 Å². The molecule has 1 aromatic heterocycles. The number of nitro benzene ring substituents is 1. The fraction of sp³-hybridized carbons (Fsp3) is 0.167. The first-order chi connectivity index (χ1) is 14.7. The number of anilines is 1. The van der Waals surface area contributed by atoms with Crippen LogP contribution in [0, 0.1) is 10.1 Å². The van der Waals surface area contributed by atoms with Crippen LogP contribution in [-0.4, -0.2) is 15.8 Å². The van der Waals surface area contributed by atoms with E-state index in [-0.39, 0.29) is 16.7 Å². The summed E-state index contributed by atoms with van der Waals surface area (Å²) >= 11 is 0. The average molecular weight is 415 g/mol. The van der Waals surface area contributed by atoms with Crippen molar-refractivity contribution in [3.8, 4) is 11.5 Å². The van der Waals surface area contributed by atoms with E-state index in [9.17, 15) is 14.9 Å². The van der Waals surface area contributed by atoms with Gasteiger partial charge in [-0.05, 0) is 47.4 Å². The largest absolute Gasteiger partial charge is 0.436 e. The van der Waals surface area contributed by atoms with Crippen LogP contribution in [-0.2, 0) is 5.41 Å². The lowest BCUT2D eigenvalue weighted by Crippen LogP contribution is -2.13. The van der Waals surface area contributed by atoms with Crippen LogP contribution in [0.25, 0.3) is 22.6 Å². The van der Waals surface area contributed by atoms with Crippen LogP contribution < -0.4 is 5.32 Å². The molecule has 0 fully saturated rings. The first-order valence-electron chi connectivity index (χ1n) is 9.79. The lowest BCUT2D eigenvalue weighted by atomic mass is 9.87. The highest BCUT2D eigenvalue weighted by atomic mass is 16.6. The molecule has 0 aliphatic carbocycles. The number of fused-ring (bicyclic) bond motifs is 1. The third-order valence-electron chi connectivity index (χ3n) is 4.99. The third kappa shape index (κ3) is 4.16. The van der Waals surface area contributed by atoms with Crippen LogP contribution in [0.4, 0.5) is 11.4 Å². The van der Waals surface area contributed by atoms with E-state index in [4.69, 9.17) is 4.42 Å². The maximum atomic E-state index is 12.6. The van der Waals surface area contributed by atoms with Gasteiger partial charge in [0.25, 0.3) is 11.6 Å². The summed E-state index contributed by atoms with van der Waals surface area (Å²) < 4.78 is 5.86. The molecule has 1 N–H and O–H groups in total. The minimum absolute atomic E-state index is 0.00706. The Kier molecular flexibility index (Phi) is 5.02. The number of hydrogen-bond acceptors (Lipinski definition) is 5. The molecule has 0 aliphatic heterocycles. The number of nitrogens with one attached hydrogen (secondary N) is 1. The number of carbonyl (C=O) groups excluding carboxylic acids is 1. The van der Waals surface area contributed by atoms with Crippen LogP contribution in [0.1, 0.15) is 36.7 Å². The van der Waals surface area contributed by atoms with Crippen LogP contribution in [0.5, 0.6) is 0 Å². The Hall–Kier alpha value is -4.00. The molecule has 0 saturated carbocycles. The molecule has 0 unspecified atom stereocenters. The van der Waals surface area contributed by atoms with E-state index in [2.05, 4.69) is 43.2 Å². The Labute approximate surface area is 178 Å². The SMILES string of the molecule is CC(C)(C)c1ccc(-c2nc3cc(NC(=O)c4ccccc4[N+](=O)[O-])ccc3o2)cc1. The normalized spacial score (nSPS) is 11.5. The number of aromatic nitrogens is 1. The Balaban J connectivity index is 1.60. The maximum absolute atomic E-state index is 12.6. The summed E-state index contributed by atoms with van der Waals surface area (Å²) in [6, 6.07) is 19.0. The number of nitro groups is 1. The summed E-state index contributed by atoms with van der Waals surface area (Å²) in [4.78, 5) is 27.7. The van der Waals surface area contributed by atoms with Crippen molar-refractivity contribution in [3.05, 3.63) is 88.0 Å². The standard InChI is InChI=1S/C24H21N3O4/c1-24(2,3)16-10-8-15(9-11-16)23-26-19-14-17(12-13-21(19)31-23)25-22(28)18-6-4-5-7-20(18)27(29)30/h4-14H,1-3H3,(H,25,28). The number of carbonyl (C=O) groups is 1. The molecule has 7 heteroatoms. The molecule has 0 spiro atoms. The fourth-order valence-electron chi connectivity index (χ4n) is 3.26. The summed E-state index contributed by atoms with van der Waals surface area (Å²) in [5, 5.41) is 13.9. The molecule has 156 valence electrons. The highest BCUT2D eigenvalue weighted by Gasteiger charge is 2.20. The predicted molar refractivity (Wildman–Crippen MR) is 119 cm³/mol. The van der Waals surface area contributed by atoms with Crippen molar-refractivity contribution in [2.75, 3.05) is 5.32 Å². The summed E-state index contributed by atoms with van der Waals surface area (Å²) in [6.07, 6.45) is 0. The molecular formula is C24H21N3O4. The van der Waals surface area contributed by atoms with E-state index in [0.717, 1.165) is 5.56 Å². The molecule has 0 saturated heterocycles. The zero-order valence-corrected chi connectivity index (χ0v) is 17.4. The average Bonchev–Trinajstić information content (AvgIpc) is 3.16. The Bertz CT molecular complexity index is 1280. The minimum atomic E-state index is -0.576. The highest BCUT2D eigenvalue weighted by molar-refractivity contribution is 6.07. The van der Waals surface area contributed by atoms with Gasteiger partial charge >= 0.3 is 0 Å². The molecule has 4 rings (SSSR count). The van der Waals surface area contributed by atoms with Gasteiger partial charge in [-0.15, -0.1) is 0 Å². The van der Waals surface area contributed by atoms with Gasteiger partial charge in [-0.1, -0.05) is 45.0 Å². The van der Waals surface area contributed by atoms with Gasteiger partial charge < -0.3 is 9.73 Å². The van der Waals surface area contributed by atoms with E-state index in [0.29, 0.717) is 22.7 Å². The number of para-hydroxylation sites is 1. The summed E-state index contributed by atoms with van der Waals surface area (Å²) in [7, 11) is 0. The zero-order valence-electron chi connectivity index (χ0n) is 17.4. The van der Waals surface area contributed by atoms with Gasteiger partial charge in [0, 0.05) is 17.3 Å². The van der Waals surface area contributed by atoms with Gasteiger partial charge in [0.05, 0.1) is 4.92 Å². The van der Waals surface area contributed by atoms with Crippen molar-refractivity contribution >= 4 is 28.4 Å². The number of nitrogens with zero attached hydrogens (tertiary/aromatic N) is 2.